The van der Waals surface area contributed by atoms with Gasteiger partial charge in [-0.1, -0.05) is 0 Å². The third-order valence-corrected chi connectivity index (χ3v) is 2.65. The molecule has 0 saturated carbocycles. The van der Waals surface area contributed by atoms with Crippen molar-refractivity contribution in [1.82, 2.24) is 0 Å². The van der Waals surface area contributed by atoms with E-state index in [9.17, 15) is 14.7 Å². The number of hydrogen-bond acceptors (Lipinski definition) is 4. The van der Waals surface area contributed by atoms with Crippen LogP contribution in [0.3, 0.4) is 0 Å². The fraction of sp³-hybridized carbons (Fsp3) is 0.231. The topological polar surface area (TPSA) is 87.7 Å². The zero-order chi connectivity index (χ0) is 13.1. The number of benzene rings is 1. The molecule has 0 saturated heterocycles. The number of rotatable bonds is 4. The van der Waals surface area contributed by atoms with Crippen LogP contribution in [-0.2, 0) is 11.2 Å². The number of carboxylic acids is 1. The van der Waals surface area contributed by atoms with E-state index in [2.05, 4.69) is 0 Å². The minimum absolute atomic E-state index is 0.0216. The zero-order valence-corrected chi connectivity index (χ0v) is 9.55. The molecular weight excluding hydrogens is 236 g/mol. The first-order chi connectivity index (χ1) is 8.56. The number of aromatic hydroxyl groups is 1. The maximum absolute atomic E-state index is 11.3. The molecule has 0 atom stereocenters. The van der Waals surface area contributed by atoms with Crippen LogP contribution in [0.25, 0.3) is 11.0 Å². The van der Waals surface area contributed by atoms with Crippen molar-refractivity contribution >= 4 is 16.9 Å². The molecular formula is C13H12O5. The highest BCUT2D eigenvalue weighted by atomic mass is 16.4. The van der Waals surface area contributed by atoms with Crippen molar-refractivity contribution in [1.29, 1.82) is 0 Å². The summed E-state index contributed by atoms with van der Waals surface area (Å²) in [5.74, 6) is -0.840. The molecule has 0 amide bonds. The lowest BCUT2D eigenvalue weighted by Crippen LogP contribution is -2.02. The summed E-state index contributed by atoms with van der Waals surface area (Å²) in [6.45, 7) is 0. The first-order valence-corrected chi connectivity index (χ1v) is 5.54. The molecule has 0 aliphatic heterocycles. The first-order valence-electron chi connectivity index (χ1n) is 5.54. The second-order valence-electron chi connectivity index (χ2n) is 4.02. The molecule has 1 aromatic carbocycles. The van der Waals surface area contributed by atoms with E-state index in [1.807, 2.05) is 0 Å². The fourth-order valence-electron chi connectivity index (χ4n) is 1.86. The van der Waals surface area contributed by atoms with Gasteiger partial charge in [0.1, 0.15) is 11.3 Å². The smallest absolute Gasteiger partial charge is 0.336 e. The van der Waals surface area contributed by atoms with Crippen molar-refractivity contribution in [2.24, 2.45) is 0 Å². The summed E-state index contributed by atoms with van der Waals surface area (Å²) in [6, 6.07) is 5.89. The quantitative estimate of drug-likeness (QED) is 0.807. The molecule has 0 bridgehead atoms. The number of aryl methyl sites for hydroxylation is 1. The van der Waals surface area contributed by atoms with Crippen LogP contribution < -0.4 is 5.63 Å². The Hall–Kier alpha value is -2.30. The van der Waals surface area contributed by atoms with E-state index in [0.29, 0.717) is 18.4 Å². The Bertz CT molecular complexity index is 641. The van der Waals surface area contributed by atoms with Gasteiger partial charge in [0, 0.05) is 23.9 Å². The molecule has 0 spiro atoms. The molecule has 5 nitrogen and oxygen atoms in total. The van der Waals surface area contributed by atoms with E-state index in [-0.39, 0.29) is 12.2 Å². The van der Waals surface area contributed by atoms with Gasteiger partial charge in [0.2, 0.25) is 0 Å². The summed E-state index contributed by atoms with van der Waals surface area (Å²) in [7, 11) is 0. The number of hydrogen-bond donors (Lipinski definition) is 2. The molecule has 5 heteroatoms. The molecule has 0 aliphatic rings. The minimum Gasteiger partial charge on any atom is -0.508 e. The van der Waals surface area contributed by atoms with Crippen molar-refractivity contribution < 1.29 is 19.4 Å². The summed E-state index contributed by atoms with van der Waals surface area (Å²) < 4.78 is 4.98. The second kappa shape index (κ2) is 4.91. The third-order valence-electron chi connectivity index (χ3n) is 2.65. The van der Waals surface area contributed by atoms with Gasteiger partial charge in [0.15, 0.2) is 0 Å². The lowest BCUT2D eigenvalue weighted by Gasteiger charge is -2.04. The Morgan fingerprint density at radius 2 is 2.06 bits per heavy atom. The molecule has 2 rings (SSSR count). The Balaban J connectivity index is 2.37. The average molecular weight is 248 g/mol. The molecule has 2 aromatic rings. The van der Waals surface area contributed by atoms with Crippen LogP contribution in [0.2, 0.25) is 0 Å². The van der Waals surface area contributed by atoms with Gasteiger partial charge in [-0.3, -0.25) is 4.79 Å². The zero-order valence-electron chi connectivity index (χ0n) is 9.55. The van der Waals surface area contributed by atoms with Crippen LogP contribution in [0.1, 0.15) is 18.4 Å². The molecule has 0 aliphatic carbocycles. The monoisotopic (exact) mass is 248 g/mol. The maximum atomic E-state index is 11.3. The first kappa shape index (κ1) is 12.2. The minimum atomic E-state index is -0.861. The van der Waals surface area contributed by atoms with Gasteiger partial charge in [-0.05, 0) is 30.5 Å². The highest BCUT2D eigenvalue weighted by Gasteiger charge is 2.07. The molecule has 0 unspecified atom stereocenters. The van der Waals surface area contributed by atoms with E-state index < -0.39 is 11.6 Å². The van der Waals surface area contributed by atoms with Crippen LogP contribution in [-0.4, -0.2) is 16.2 Å². The Morgan fingerprint density at radius 1 is 1.28 bits per heavy atom. The Morgan fingerprint density at radius 3 is 2.78 bits per heavy atom. The maximum Gasteiger partial charge on any atom is 0.336 e. The van der Waals surface area contributed by atoms with Gasteiger partial charge in [0.25, 0.3) is 0 Å². The standard InChI is InChI=1S/C13H12O5/c14-9-4-5-10-8(2-1-3-12(15)16)6-13(17)18-11(10)7-9/h4-7,14H,1-3H2,(H,15,16). The lowest BCUT2D eigenvalue weighted by molar-refractivity contribution is -0.137. The summed E-state index contributed by atoms with van der Waals surface area (Å²) in [4.78, 5) is 21.8. The van der Waals surface area contributed by atoms with Crippen molar-refractivity contribution in [2.75, 3.05) is 0 Å². The molecule has 18 heavy (non-hydrogen) atoms. The van der Waals surface area contributed by atoms with Gasteiger partial charge in [-0.25, -0.2) is 4.79 Å². The van der Waals surface area contributed by atoms with Crippen LogP contribution in [0.4, 0.5) is 0 Å². The normalized spacial score (nSPS) is 10.7. The average Bonchev–Trinajstić information content (AvgIpc) is 2.27. The predicted octanol–water partition coefficient (Wildman–Crippen LogP) is 1.91. The van der Waals surface area contributed by atoms with Crippen LogP contribution in [0.5, 0.6) is 5.75 Å². The molecule has 1 aromatic heterocycles. The number of carboxylic acid groups (broad SMARTS) is 1. The van der Waals surface area contributed by atoms with E-state index in [0.717, 1.165) is 10.9 Å². The van der Waals surface area contributed by atoms with Crippen molar-refractivity contribution in [2.45, 2.75) is 19.3 Å². The SMILES string of the molecule is O=C(O)CCCc1cc(=O)oc2cc(O)ccc12. The van der Waals surface area contributed by atoms with Crippen LogP contribution in [0.15, 0.2) is 33.5 Å². The number of carbonyl (C=O) groups is 1. The van der Waals surface area contributed by atoms with E-state index in [4.69, 9.17) is 9.52 Å². The Kier molecular flexibility index (Phi) is 3.32. The van der Waals surface area contributed by atoms with Crippen LogP contribution in [0, 0.1) is 0 Å². The van der Waals surface area contributed by atoms with Gasteiger partial charge in [0.05, 0.1) is 0 Å². The second-order valence-corrected chi connectivity index (χ2v) is 4.02. The number of fused-ring (bicyclic) bond motifs is 1. The Labute approximate surface area is 102 Å². The fourth-order valence-corrected chi connectivity index (χ4v) is 1.86. The van der Waals surface area contributed by atoms with Gasteiger partial charge >= 0.3 is 11.6 Å². The third kappa shape index (κ3) is 2.68. The molecule has 94 valence electrons. The molecule has 2 N–H and O–H groups in total. The van der Waals surface area contributed by atoms with Crippen molar-refractivity contribution in [3.63, 3.8) is 0 Å². The van der Waals surface area contributed by atoms with Gasteiger partial charge in [-0.15, -0.1) is 0 Å². The van der Waals surface area contributed by atoms with Crippen molar-refractivity contribution in [3.8, 4) is 5.75 Å². The number of phenolic OH excluding ortho intramolecular Hbond substituents is 1. The van der Waals surface area contributed by atoms with Crippen LogP contribution >= 0.6 is 0 Å². The molecule has 0 fully saturated rings. The summed E-state index contributed by atoms with van der Waals surface area (Å²) in [6.07, 6.45) is 0.994. The van der Waals surface area contributed by atoms with Gasteiger partial charge in [-0.2, -0.15) is 0 Å². The predicted molar refractivity (Wildman–Crippen MR) is 64.7 cm³/mol. The number of aliphatic carboxylic acids is 1. The van der Waals surface area contributed by atoms with E-state index in [1.54, 1.807) is 6.07 Å². The van der Waals surface area contributed by atoms with Crippen molar-refractivity contribution in [3.05, 3.63) is 40.2 Å². The van der Waals surface area contributed by atoms with E-state index in [1.165, 1.54) is 18.2 Å². The highest BCUT2D eigenvalue weighted by molar-refractivity contribution is 5.81. The summed E-state index contributed by atoms with van der Waals surface area (Å²) >= 11 is 0. The molecule has 0 radical (unpaired) electrons. The van der Waals surface area contributed by atoms with E-state index >= 15 is 0 Å². The lowest BCUT2D eigenvalue weighted by atomic mass is 10.0. The summed E-state index contributed by atoms with van der Waals surface area (Å²) in [5.41, 5.74) is 0.550. The van der Waals surface area contributed by atoms with Gasteiger partial charge < -0.3 is 14.6 Å². The molecule has 1 heterocycles. The number of phenols is 1. The highest BCUT2D eigenvalue weighted by Crippen LogP contribution is 2.22. The largest absolute Gasteiger partial charge is 0.508 e. The summed E-state index contributed by atoms with van der Waals surface area (Å²) in [5, 5.41) is 18.6.